The molecule has 2 amide bonds. The molecule has 4 aromatic rings. The number of nitrogens with zero attached hydrogens (tertiary/aromatic N) is 2. The molecule has 9 heteroatoms. The maximum atomic E-state index is 13.5. The van der Waals surface area contributed by atoms with Crippen LogP contribution in [0.2, 0.25) is 0 Å². The minimum Gasteiger partial charge on any atom is -0.497 e. The number of ether oxygens (including phenoxy) is 2. The molecule has 222 valence electrons. The number of imide groups is 1. The number of hydrogen-bond donors (Lipinski definition) is 0. The predicted molar refractivity (Wildman–Crippen MR) is 167 cm³/mol. The van der Waals surface area contributed by atoms with E-state index in [-0.39, 0.29) is 35.0 Å². The number of amides is 2. The number of aromatic nitrogens is 1. The van der Waals surface area contributed by atoms with E-state index < -0.39 is 12.1 Å². The van der Waals surface area contributed by atoms with Crippen molar-refractivity contribution in [2.75, 3.05) is 12.0 Å². The molecule has 7 rings (SSSR count). The maximum absolute atomic E-state index is 13.5. The van der Waals surface area contributed by atoms with E-state index >= 15 is 0 Å². The Morgan fingerprint density at radius 2 is 1.57 bits per heavy atom. The minimum absolute atomic E-state index is 0.0855. The second kappa shape index (κ2) is 11.0. The number of methoxy groups -OCH3 is 1. The van der Waals surface area contributed by atoms with Gasteiger partial charge >= 0.3 is 5.97 Å². The summed E-state index contributed by atoms with van der Waals surface area (Å²) in [6, 6.07) is 20.8. The summed E-state index contributed by atoms with van der Waals surface area (Å²) in [7, 11) is 1.55. The lowest BCUT2D eigenvalue weighted by Crippen LogP contribution is -2.32. The molecule has 0 N–H and O–H groups in total. The number of esters is 1. The van der Waals surface area contributed by atoms with Gasteiger partial charge < -0.3 is 9.47 Å². The van der Waals surface area contributed by atoms with Crippen molar-refractivity contribution in [2.45, 2.75) is 32.3 Å². The Balaban J connectivity index is 1.17. The van der Waals surface area contributed by atoms with Gasteiger partial charge in [0.05, 0.1) is 41.4 Å². The van der Waals surface area contributed by atoms with E-state index in [1.807, 2.05) is 6.07 Å². The molecule has 8 nitrogen and oxygen atoms in total. The molecule has 3 aliphatic rings. The third-order valence-electron chi connectivity index (χ3n) is 9.37. The highest BCUT2D eigenvalue weighted by atomic mass is 79.9. The van der Waals surface area contributed by atoms with E-state index in [1.54, 1.807) is 80.8 Å². The van der Waals surface area contributed by atoms with Gasteiger partial charge in [0.25, 0.3) is 0 Å². The van der Waals surface area contributed by atoms with Crippen molar-refractivity contribution in [3.8, 4) is 17.0 Å². The van der Waals surface area contributed by atoms with E-state index in [9.17, 15) is 19.2 Å². The zero-order chi connectivity index (χ0) is 30.7. The summed E-state index contributed by atoms with van der Waals surface area (Å²) in [6.45, 7) is 1.55. The van der Waals surface area contributed by atoms with Crippen molar-refractivity contribution < 1.29 is 28.7 Å². The first kappa shape index (κ1) is 28.4. The normalized spacial score (nSPS) is 22.8. The highest BCUT2D eigenvalue weighted by Crippen LogP contribution is 2.56. The zero-order valence-electron chi connectivity index (χ0n) is 24.2. The molecule has 44 heavy (non-hydrogen) atoms. The summed E-state index contributed by atoms with van der Waals surface area (Å²) in [5, 5.41) is 0.572. The van der Waals surface area contributed by atoms with Crippen LogP contribution in [0.4, 0.5) is 5.69 Å². The predicted octanol–water partition coefficient (Wildman–Crippen LogP) is 6.64. The topological polar surface area (TPSA) is 103 Å². The number of carbonyl (C=O) groups is 4. The third kappa shape index (κ3) is 4.70. The molecule has 1 aliphatic heterocycles. The number of hydrogen-bond acceptors (Lipinski definition) is 7. The van der Waals surface area contributed by atoms with Gasteiger partial charge in [-0.1, -0.05) is 28.1 Å². The van der Waals surface area contributed by atoms with E-state index in [0.717, 1.165) is 23.7 Å². The van der Waals surface area contributed by atoms with Gasteiger partial charge in [-0.15, -0.1) is 0 Å². The molecular formula is C35H29BrN2O6. The SMILES string of the molecule is COc1ccc(C(=O)C(C)OC(=O)c2cc(-c3ccc(N4C(=O)C5C6CCC(C6)C5C4=O)cc3)nc3ccc(Br)cc23)cc1. The Morgan fingerprint density at radius 1 is 0.909 bits per heavy atom. The number of halogens is 1. The fourth-order valence-corrected chi connectivity index (χ4v) is 7.59. The first-order valence-electron chi connectivity index (χ1n) is 14.7. The molecule has 0 spiro atoms. The van der Waals surface area contributed by atoms with Crippen molar-refractivity contribution >= 4 is 56.1 Å². The highest BCUT2D eigenvalue weighted by Gasteiger charge is 2.61. The van der Waals surface area contributed by atoms with Gasteiger partial charge in [-0.3, -0.25) is 19.3 Å². The van der Waals surface area contributed by atoms with Gasteiger partial charge in [0, 0.05) is 21.0 Å². The first-order valence-corrected chi connectivity index (χ1v) is 15.5. The molecule has 3 aromatic carbocycles. The fraction of sp³-hybridized carbons (Fsp3) is 0.286. The number of ketones is 1. The van der Waals surface area contributed by atoms with Crippen LogP contribution in [-0.2, 0) is 14.3 Å². The highest BCUT2D eigenvalue weighted by molar-refractivity contribution is 9.10. The van der Waals surface area contributed by atoms with Gasteiger partial charge in [0.1, 0.15) is 5.75 Å². The second-order valence-electron chi connectivity index (χ2n) is 11.8. The summed E-state index contributed by atoms with van der Waals surface area (Å²) in [5.41, 5.74) is 3.01. The number of rotatable bonds is 7. The molecule has 1 saturated heterocycles. The fourth-order valence-electron chi connectivity index (χ4n) is 7.23. The molecule has 5 unspecified atom stereocenters. The number of pyridine rings is 1. The van der Waals surface area contributed by atoms with Crippen LogP contribution in [0, 0.1) is 23.7 Å². The van der Waals surface area contributed by atoms with Crippen LogP contribution >= 0.6 is 15.9 Å². The monoisotopic (exact) mass is 652 g/mol. The van der Waals surface area contributed by atoms with Gasteiger partial charge in [0.2, 0.25) is 17.6 Å². The number of fused-ring (bicyclic) bond motifs is 6. The molecule has 2 saturated carbocycles. The summed E-state index contributed by atoms with van der Waals surface area (Å²) in [4.78, 5) is 59.3. The van der Waals surface area contributed by atoms with Crippen LogP contribution in [0.15, 0.2) is 77.3 Å². The van der Waals surface area contributed by atoms with Crippen molar-refractivity contribution in [2.24, 2.45) is 23.7 Å². The molecule has 3 fully saturated rings. The van der Waals surface area contributed by atoms with Gasteiger partial charge in [-0.2, -0.15) is 0 Å². The first-order chi connectivity index (χ1) is 21.2. The Bertz CT molecular complexity index is 1810. The average Bonchev–Trinajstić information content (AvgIpc) is 3.73. The zero-order valence-corrected chi connectivity index (χ0v) is 25.7. The molecule has 0 radical (unpaired) electrons. The number of anilines is 1. The smallest absolute Gasteiger partial charge is 0.339 e. The number of Topliss-reactive ketones (excluding diaryl/α,β-unsaturated/α-hetero) is 1. The van der Waals surface area contributed by atoms with E-state index in [2.05, 4.69) is 15.9 Å². The molecule has 2 aliphatic carbocycles. The van der Waals surface area contributed by atoms with Crippen LogP contribution in [0.3, 0.4) is 0 Å². The number of benzene rings is 3. The van der Waals surface area contributed by atoms with Crippen molar-refractivity contribution in [1.29, 1.82) is 0 Å². The Kier molecular flexibility index (Phi) is 7.08. The molecule has 2 bridgehead atoms. The average molecular weight is 654 g/mol. The van der Waals surface area contributed by atoms with Crippen LogP contribution in [0.25, 0.3) is 22.2 Å². The van der Waals surface area contributed by atoms with Crippen molar-refractivity contribution in [3.63, 3.8) is 0 Å². The Hall–Kier alpha value is -4.37. The van der Waals surface area contributed by atoms with E-state index in [1.165, 1.54) is 4.90 Å². The molecule has 1 aromatic heterocycles. The largest absolute Gasteiger partial charge is 0.497 e. The lowest BCUT2D eigenvalue weighted by Gasteiger charge is -2.19. The minimum atomic E-state index is -1.03. The van der Waals surface area contributed by atoms with Crippen LogP contribution in [0.1, 0.15) is 46.9 Å². The van der Waals surface area contributed by atoms with Gasteiger partial charge in [0.15, 0.2) is 6.10 Å². The summed E-state index contributed by atoms with van der Waals surface area (Å²) in [6.07, 6.45) is 2.02. The Labute approximate surface area is 262 Å². The third-order valence-corrected chi connectivity index (χ3v) is 9.86. The Morgan fingerprint density at radius 3 is 2.20 bits per heavy atom. The summed E-state index contributed by atoms with van der Waals surface area (Å²) < 4.78 is 11.6. The van der Waals surface area contributed by atoms with Crippen LogP contribution < -0.4 is 9.64 Å². The van der Waals surface area contributed by atoms with E-state index in [0.29, 0.717) is 51.0 Å². The summed E-state index contributed by atoms with van der Waals surface area (Å²) >= 11 is 3.47. The molecular weight excluding hydrogens is 624 g/mol. The van der Waals surface area contributed by atoms with Gasteiger partial charge in [-0.05, 0) is 98.7 Å². The number of carbonyl (C=O) groups excluding carboxylic acids is 4. The standard InChI is InChI=1S/C35H29BrN2O6/c1-18(32(39)20-7-12-25(43-2)13-8-20)44-35(42)27-17-29(37-28-14-9-23(36)16-26(27)28)19-5-10-24(11-6-19)38-33(40)30-21-3-4-22(15-21)31(30)34(38)41/h5-14,16-18,21-22,30-31H,3-4,15H2,1-2H3. The van der Waals surface area contributed by atoms with E-state index in [4.69, 9.17) is 14.5 Å². The molecule has 5 atom stereocenters. The van der Waals surface area contributed by atoms with Crippen molar-refractivity contribution in [3.05, 3.63) is 88.4 Å². The van der Waals surface area contributed by atoms with Gasteiger partial charge in [-0.25, -0.2) is 9.78 Å². The second-order valence-corrected chi connectivity index (χ2v) is 12.7. The molecule has 2 heterocycles. The van der Waals surface area contributed by atoms with Crippen molar-refractivity contribution in [1.82, 2.24) is 4.98 Å². The quantitative estimate of drug-likeness (QED) is 0.125. The lowest BCUT2D eigenvalue weighted by molar-refractivity contribution is -0.123. The lowest BCUT2D eigenvalue weighted by atomic mass is 9.81. The van der Waals surface area contributed by atoms with Crippen LogP contribution in [-0.4, -0.2) is 41.8 Å². The summed E-state index contributed by atoms with van der Waals surface area (Å²) in [5.74, 6) is -0.273. The maximum Gasteiger partial charge on any atom is 0.339 e. The van der Waals surface area contributed by atoms with Crippen LogP contribution in [0.5, 0.6) is 5.75 Å².